The minimum Gasteiger partial charge on any atom is -0.401 e. The SMILES string of the molecule is CC1(C)OB(C(F)CCc2ccc(C(F)(F)F)cc2)OC1(C)C. The van der Waals surface area contributed by atoms with E-state index in [1.54, 1.807) is 0 Å². The van der Waals surface area contributed by atoms with Crippen LogP contribution >= 0.6 is 0 Å². The second-order valence-corrected chi connectivity index (χ2v) is 6.87. The van der Waals surface area contributed by atoms with Gasteiger partial charge in [0.15, 0.2) is 0 Å². The molecule has 1 aliphatic heterocycles. The van der Waals surface area contributed by atoms with E-state index in [2.05, 4.69) is 0 Å². The summed E-state index contributed by atoms with van der Waals surface area (Å²) in [5.41, 5.74) is -1.26. The zero-order valence-electron chi connectivity index (χ0n) is 13.7. The van der Waals surface area contributed by atoms with Gasteiger partial charge in [-0.05, 0) is 58.2 Å². The highest BCUT2D eigenvalue weighted by Crippen LogP contribution is 2.38. The summed E-state index contributed by atoms with van der Waals surface area (Å²) in [6.45, 7) is 7.37. The lowest BCUT2D eigenvalue weighted by Crippen LogP contribution is -2.41. The lowest BCUT2D eigenvalue weighted by molar-refractivity contribution is -0.137. The van der Waals surface area contributed by atoms with E-state index in [4.69, 9.17) is 9.31 Å². The highest BCUT2D eigenvalue weighted by molar-refractivity contribution is 6.47. The van der Waals surface area contributed by atoms with Gasteiger partial charge in [-0.1, -0.05) is 12.1 Å². The molecule has 1 saturated heterocycles. The van der Waals surface area contributed by atoms with Gasteiger partial charge in [0.1, 0.15) is 6.07 Å². The topological polar surface area (TPSA) is 18.5 Å². The summed E-state index contributed by atoms with van der Waals surface area (Å²) in [6, 6.07) is 4.77. The average molecular weight is 332 g/mol. The molecule has 1 heterocycles. The van der Waals surface area contributed by atoms with E-state index in [1.165, 1.54) is 12.1 Å². The fourth-order valence-electron chi connectivity index (χ4n) is 2.34. The molecule has 0 N–H and O–H groups in total. The number of benzene rings is 1. The Bertz CT molecular complexity index is 524. The van der Waals surface area contributed by atoms with E-state index in [9.17, 15) is 17.6 Å². The van der Waals surface area contributed by atoms with Gasteiger partial charge in [0.25, 0.3) is 0 Å². The molecule has 0 amide bonds. The van der Waals surface area contributed by atoms with Crippen LogP contribution in [-0.4, -0.2) is 24.4 Å². The molecule has 0 spiro atoms. The molecule has 1 aromatic rings. The predicted molar refractivity (Wildman–Crippen MR) is 80.7 cm³/mol. The van der Waals surface area contributed by atoms with Crippen LogP contribution in [0.3, 0.4) is 0 Å². The third kappa shape index (κ3) is 4.07. The number of alkyl halides is 4. The summed E-state index contributed by atoms with van der Waals surface area (Å²) in [5.74, 6) is 0. The van der Waals surface area contributed by atoms with Gasteiger partial charge < -0.3 is 9.31 Å². The summed E-state index contributed by atoms with van der Waals surface area (Å²) in [7, 11) is -0.950. The number of hydrogen-bond donors (Lipinski definition) is 0. The van der Waals surface area contributed by atoms with E-state index in [-0.39, 0.29) is 6.42 Å². The van der Waals surface area contributed by atoms with Crippen LogP contribution in [0, 0.1) is 0 Å². The second kappa shape index (κ2) is 6.09. The smallest absolute Gasteiger partial charge is 0.401 e. The van der Waals surface area contributed by atoms with Gasteiger partial charge in [0.05, 0.1) is 16.8 Å². The molecule has 1 unspecified atom stereocenters. The van der Waals surface area contributed by atoms with Crippen molar-refractivity contribution in [3.05, 3.63) is 35.4 Å². The van der Waals surface area contributed by atoms with Gasteiger partial charge in [-0.2, -0.15) is 13.2 Å². The highest BCUT2D eigenvalue weighted by Gasteiger charge is 2.54. The van der Waals surface area contributed by atoms with Gasteiger partial charge >= 0.3 is 13.3 Å². The number of aryl methyl sites for hydroxylation is 1. The summed E-state index contributed by atoms with van der Waals surface area (Å²) >= 11 is 0. The Hall–Kier alpha value is -1.08. The van der Waals surface area contributed by atoms with Crippen molar-refractivity contribution in [2.75, 3.05) is 0 Å². The molecular formula is C16H21BF4O2. The third-order valence-corrected chi connectivity index (χ3v) is 4.56. The van der Waals surface area contributed by atoms with Crippen molar-refractivity contribution in [2.45, 2.75) is 64.0 Å². The Morgan fingerprint density at radius 1 is 1.00 bits per heavy atom. The van der Waals surface area contributed by atoms with Crippen molar-refractivity contribution in [1.82, 2.24) is 0 Å². The standard InChI is InChI=1S/C16H21BF4O2/c1-14(2)15(3,4)23-17(22-14)13(18)10-7-11-5-8-12(9-6-11)16(19,20)21/h5-6,8-9,13H,7,10H2,1-4H3. The first-order valence-corrected chi connectivity index (χ1v) is 7.58. The number of halogens is 4. The molecule has 128 valence electrons. The molecule has 1 fully saturated rings. The largest absolute Gasteiger partial charge is 0.494 e. The summed E-state index contributed by atoms with van der Waals surface area (Å²) in [4.78, 5) is 0. The zero-order chi connectivity index (χ0) is 17.5. The third-order valence-electron chi connectivity index (χ3n) is 4.56. The molecule has 0 saturated carbocycles. The molecule has 0 aliphatic carbocycles. The van der Waals surface area contributed by atoms with Crippen LogP contribution in [0.4, 0.5) is 17.6 Å². The first-order chi connectivity index (χ1) is 10.4. The predicted octanol–water partition coefficient (Wildman–Crippen LogP) is 4.61. The van der Waals surface area contributed by atoms with Gasteiger partial charge in [-0.15, -0.1) is 0 Å². The van der Waals surface area contributed by atoms with Crippen LogP contribution in [0.25, 0.3) is 0 Å². The van der Waals surface area contributed by atoms with Crippen molar-refractivity contribution >= 4 is 7.12 Å². The minimum atomic E-state index is -4.36. The van der Waals surface area contributed by atoms with Crippen LogP contribution in [0.2, 0.25) is 0 Å². The van der Waals surface area contributed by atoms with E-state index < -0.39 is 36.1 Å². The fourth-order valence-corrected chi connectivity index (χ4v) is 2.34. The Kier molecular flexibility index (Phi) is 4.84. The first kappa shape index (κ1) is 18.3. The van der Waals surface area contributed by atoms with Crippen molar-refractivity contribution in [3.63, 3.8) is 0 Å². The normalized spacial score (nSPS) is 21.5. The maximum Gasteiger partial charge on any atom is 0.494 e. The molecule has 23 heavy (non-hydrogen) atoms. The Labute approximate surface area is 134 Å². The van der Waals surface area contributed by atoms with Gasteiger partial charge in [-0.25, -0.2) is 0 Å². The van der Waals surface area contributed by atoms with Gasteiger partial charge in [0.2, 0.25) is 0 Å². The number of rotatable bonds is 4. The van der Waals surface area contributed by atoms with Crippen molar-refractivity contribution in [1.29, 1.82) is 0 Å². The molecule has 1 aromatic carbocycles. The highest BCUT2D eigenvalue weighted by atomic mass is 19.4. The van der Waals surface area contributed by atoms with E-state index in [1.807, 2.05) is 27.7 Å². The fraction of sp³-hybridized carbons (Fsp3) is 0.625. The summed E-state index contributed by atoms with van der Waals surface area (Å²) in [6.07, 6.45) is -5.24. The molecule has 0 bridgehead atoms. The van der Waals surface area contributed by atoms with E-state index >= 15 is 0 Å². The van der Waals surface area contributed by atoms with Crippen LogP contribution in [0.5, 0.6) is 0 Å². The molecule has 0 radical (unpaired) electrons. The molecular weight excluding hydrogens is 311 g/mol. The van der Waals surface area contributed by atoms with E-state index in [0.29, 0.717) is 12.0 Å². The Balaban J connectivity index is 1.91. The lowest BCUT2D eigenvalue weighted by atomic mass is 9.79. The zero-order valence-corrected chi connectivity index (χ0v) is 13.7. The van der Waals surface area contributed by atoms with Crippen LogP contribution in [0.1, 0.15) is 45.2 Å². The second-order valence-electron chi connectivity index (χ2n) is 6.87. The van der Waals surface area contributed by atoms with Gasteiger partial charge in [-0.3, -0.25) is 4.39 Å². The van der Waals surface area contributed by atoms with Crippen molar-refractivity contribution in [2.24, 2.45) is 0 Å². The Morgan fingerprint density at radius 2 is 1.48 bits per heavy atom. The lowest BCUT2D eigenvalue weighted by Gasteiger charge is -2.32. The van der Waals surface area contributed by atoms with Crippen LogP contribution < -0.4 is 0 Å². The monoisotopic (exact) mass is 332 g/mol. The molecule has 2 rings (SSSR count). The molecule has 0 aromatic heterocycles. The molecule has 7 heteroatoms. The molecule has 1 atom stereocenters. The van der Waals surface area contributed by atoms with E-state index in [0.717, 1.165) is 12.1 Å². The summed E-state index contributed by atoms with van der Waals surface area (Å²) < 4.78 is 63.1. The quantitative estimate of drug-likeness (QED) is 0.592. The minimum absolute atomic E-state index is 0.127. The first-order valence-electron chi connectivity index (χ1n) is 7.58. The van der Waals surface area contributed by atoms with Gasteiger partial charge in [0, 0.05) is 0 Å². The average Bonchev–Trinajstić information content (AvgIpc) is 2.64. The Morgan fingerprint density at radius 3 is 1.91 bits per heavy atom. The number of hydrogen-bond acceptors (Lipinski definition) is 2. The van der Waals surface area contributed by atoms with Crippen molar-refractivity contribution < 1.29 is 26.9 Å². The molecule has 2 nitrogen and oxygen atoms in total. The van der Waals surface area contributed by atoms with Crippen LogP contribution in [0.15, 0.2) is 24.3 Å². The van der Waals surface area contributed by atoms with Crippen LogP contribution in [-0.2, 0) is 21.9 Å². The maximum absolute atomic E-state index is 14.3. The maximum atomic E-state index is 14.3. The summed E-state index contributed by atoms with van der Waals surface area (Å²) in [5, 5.41) is 0. The van der Waals surface area contributed by atoms with Crippen molar-refractivity contribution in [3.8, 4) is 0 Å². The molecule has 1 aliphatic rings.